The summed E-state index contributed by atoms with van der Waals surface area (Å²) < 4.78 is 16.8. The van der Waals surface area contributed by atoms with Gasteiger partial charge in [-0.2, -0.15) is 5.26 Å². The Hall–Kier alpha value is -4.77. The smallest absolute Gasteiger partial charge is 0.269 e. The molecule has 0 aliphatic heterocycles. The molecule has 3 aromatic rings. The predicted molar refractivity (Wildman–Crippen MR) is 142 cm³/mol. The summed E-state index contributed by atoms with van der Waals surface area (Å²) in [4.78, 5) is 22.3. The zero-order valence-electron chi connectivity index (χ0n) is 21.4. The number of aliphatic hydroxyl groups is 2. The highest BCUT2D eigenvalue weighted by Gasteiger charge is 2.18. The van der Waals surface area contributed by atoms with Crippen LogP contribution in [0.4, 0.5) is 11.4 Å². The Morgan fingerprint density at radius 2 is 1.12 bits per heavy atom. The van der Waals surface area contributed by atoms with Crippen LogP contribution in [0.3, 0.4) is 0 Å². The molecule has 0 fully saturated rings. The first-order chi connectivity index (χ1) is 19.2. The van der Waals surface area contributed by atoms with Gasteiger partial charge in [0.25, 0.3) is 11.4 Å². The van der Waals surface area contributed by atoms with Crippen LogP contribution < -0.4 is 14.2 Å². The third kappa shape index (κ3) is 9.84. The van der Waals surface area contributed by atoms with Crippen molar-refractivity contribution in [3.05, 3.63) is 98.6 Å². The van der Waals surface area contributed by atoms with Crippen molar-refractivity contribution in [3.8, 4) is 23.3 Å². The SMILES string of the molecule is N#Cc1ccc(OCCN(CC(O)COc2ccc([N+](=O)[O-])cc2)CC(O)COc2ccc([N+](=O)[O-])cc2)cc1. The molecular weight excluding hydrogens is 524 g/mol. The number of nitriles is 1. The Bertz CT molecular complexity index is 1210. The maximum Gasteiger partial charge on any atom is 0.269 e. The first kappa shape index (κ1) is 29.8. The third-order valence-electron chi connectivity index (χ3n) is 5.58. The number of rotatable bonds is 16. The van der Waals surface area contributed by atoms with Crippen LogP contribution in [0, 0.1) is 31.6 Å². The summed E-state index contributed by atoms with van der Waals surface area (Å²) in [7, 11) is 0. The van der Waals surface area contributed by atoms with Gasteiger partial charge < -0.3 is 24.4 Å². The van der Waals surface area contributed by atoms with Gasteiger partial charge in [0.1, 0.15) is 49.3 Å². The van der Waals surface area contributed by atoms with E-state index in [4.69, 9.17) is 19.5 Å². The van der Waals surface area contributed by atoms with Gasteiger partial charge in [0.15, 0.2) is 0 Å². The summed E-state index contributed by atoms with van der Waals surface area (Å²) in [5, 5.41) is 51.7. The number of ether oxygens (including phenoxy) is 3. The maximum atomic E-state index is 10.8. The molecule has 0 aliphatic carbocycles. The van der Waals surface area contributed by atoms with Gasteiger partial charge in [0.2, 0.25) is 0 Å². The second-order valence-corrected chi connectivity index (χ2v) is 8.68. The van der Waals surface area contributed by atoms with E-state index in [1.807, 2.05) is 6.07 Å². The molecule has 0 aromatic heterocycles. The normalized spacial score (nSPS) is 12.2. The molecule has 13 heteroatoms. The van der Waals surface area contributed by atoms with E-state index >= 15 is 0 Å². The van der Waals surface area contributed by atoms with Crippen molar-refractivity contribution in [2.45, 2.75) is 12.2 Å². The number of nitrogens with zero attached hydrogens (tertiary/aromatic N) is 4. The van der Waals surface area contributed by atoms with Crippen molar-refractivity contribution in [3.63, 3.8) is 0 Å². The van der Waals surface area contributed by atoms with Gasteiger partial charge in [-0.25, -0.2) is 0 Å². The van der Waals surface area contributed by atoms with Crippen molar-refractivity contribution < 1.29 is 34.3 Å². The fraction of sp³-hybridized carbons (Fsp3) is 0.296. The molecule has 13 nitrogen and oxygen atoms in total. The Balaban J connectivity index is 1.54. The van der Waals surface area contributed by atoms with Crippen LogP contribution in [0.5, 0.6) is 17.2 Å². The number of hydrogen-bond acceptors (Lipinski definition) is 11. The Morgan fingerprint density at radius 3 is 1.52 bits per heavy atom. The van der Waals surface area contributed by atoms with Crippen LogP contribution >= 0.6 is 0 Å². The van der Waals surface area contributed by atoms with Crippen LogP contribution in [-0.4, -0.2) is 76.6 Å². The number of aliphatic hydroxyl groups excluding tert-OH is 2. The lowest BCUT2D eigenvalue weighted by atomic mass is 10.2. The predicted octanol–water partition coefficient (Wildman–Crippen LogP) is 2.94. The first-order valence-electron chi connectivity index (χ1n) is 12.2. The van der Waals surface area contributed by atoms with Crippen LogP contribution in [0.1, 0.15) is 5.56 Å². The molecule has 2 atom stereocenters. The quantitative estimate of drug-likeness (QED) is 0.197. The molecule has 0 spiro atoms. The molecule has 0 radical (unpaired) electrons. The highest BCUT2D eigenvalue weighted by molar-refractivity contribution is 5.37. The topological polar surface area (TPSA) is 181 Å². The lowest BCUT2D eigenvalue weighted by Crippen LogP contribution is -2.43. The average Bonchev–Trinajstić information content (AvgIpc) is 2.95. The minimum Gasteiger partial charge on any atom is -0.492 e. The molecule has 0 saturated heterocycles. The molecular formula is C27H28N4O9. The summed E-state index contributed by atoms with van der Waals surface area (Å²) >= 11 is 0. The lowest BCUT2D eigenvalue weighted by Gasteiger charge is -2.27. The summed E-state index contributed by atoms with van der Waals surface area (Å²) in [5.74, 6) is 1.27. The van der Waals surface area contributed by atoms with Gasteiger partial charge >= 0.3 is 0 Å². The number of nitro benzene ring substituents is 2. The second kappa shape index (κ2) is 15.0. The Kier molecular flexibility index (Phi) is 11.2. The molecule has 40 heavy (non-hydrogen) atoms. The zero-order chi connectivity index (χ0) is 28.9. The van der Waals surface area contributed by atoms with Gasteiger partial charge in [0, 0.05) is 43.9 Å². The molecule has 3 aromatic carbocycles. The zero-order valence-corrected chi connectivity index (χ0v) is 21.4. The van der Waals surface area contributed by atoms with E-state index < -0.39 is 22.1 Å². The average molecular weight is 553 g/mol. The maximum absolute atomic E-state index is 10.8. The molecule has 210 valence electrons. The van der Waals surface area contributed by atoms with Crippen molar-refractivity contribution in [2.24, 2.45) is 0 Å². The van der Waals surface area contributed by atoms with Gasteiger partial charge in [0.05, 0.1) is 21.5 Å². The highest BCUT2D eigenvalue weighted by Crippen LogP contribution is 2.19. The van der Waals surface area contributed by atoms with Crippen molar-refractivity contribution >= 4 is 11.4 Å². The largest absolute Gasteiger partial charge is 0.492 e. The van der Waals surface area contributed by atoms with Crippen LogP contribution in [0.15, 0.2) is 72.8 Å². The van der Waals surface area contributed by atoms with E-state index in [0.717, 1.165) is 0 Å². The summed E-state index contributed by atoms with van der Waals surface area (Å²) in [5.41, 5.74) is 0.346. The highest BCUT2D eigenvalue weighted by atomic mass is 16.6. The molecule has 0 aliphatic rings. The van der Waals surface area contributed by atoms with E-state index in [0.29, 0.717) is 29.4 Å². The Morgan fingerprint density at radius 1 is 0.725 bits per heavy atom. The van der Waals surface area contributed by atoms with E-state index in [1.54, 1.807) is 29.2 Å². The van der Waals surface area contributed by atoms with Crippen molar-refractivity contribution in [2.75, 3.05) is 39.5 Å². The molecule has 0 saturated carbocycles. The lowest BCUT2D eigenvalue weighted by molar-refractivity contribution is -0.385. The molecule has 0 bridgehead atoms. The van der Waals surface area contributed by atoms with E-state index in [9.17, 15) is 30.4 Å². The van der Waals surface area contributed by atoms with Gasteiger partial charge in [-0.15, -0.1) is 0 Å². The number of nitro groups is 2. The molecule has 0 heterocycles. The minimum atomic E-state index is -0.965. The van der Waals surface area contributed by atoms with E-state index in [1.165, 1.54) is 48.5 Å². The van der Waals surface area contributed by atoms with Gasteiger partial charge in [-0.3, -0.25) is 25.1 Å². The molecule has 2 unspecified atom stereocenters. The third-order valence-corrected chi connectivity index (χ3v) is 5.58. The number of benzene rings is 3. The fourth-order valence-corrected chi connectivity index (χ4v) is 3.59. The van der Waals surface area contributed by atoms with E-state index in [2.05, 4.69) is 0 Å². The van der Waals surface area contributed by atoms with Gasteiger partial charge in [-0.1, -0.05) is 0 Å². The Labute approximate surface area is 229 Å². The number of hydrogen-bond donors (Lipinski definition) is 2. The monoisotopic (exact) mass is 552 g/mol. The summed E-state index contributed by atoms with van der Waals surface area (Å²) in [6, 6.07) is 19.6. The fourth-order valence-electron chi connectivity index (χ4n) is 3.59. The second-order valence-electron chi connectivity index (χ2n) is 8.68. The minimum absolute atomic E-state index is 0.0775. The van der Waals surface area contributed by atoms with Crippen molar-refractivity contribution in [1.29, 1.82) is 5.26 Å². The number of non-ortho nitro benzene ring substituents is 2. The van der Waals surface area contributed by atoms with E-state index in [-0.39, 0.29) is 44.3 Å². The molecule has 2 N–H and O–H groups in total. The van der Waals surface area contributed by atoms with Gasteiger partial charge in [-0.05, 0) is 48.5 Å². The standard InChI is InChI=1S/C27H28N4O9/c28-15-20-1-7-25(8-2-20)38-14-13-29(16-23(32)18-39-26-9-3-21(4-10-26)30(34)35)17-24(33)19-40-27-11-5-22(6-12-27)31(36)37/h1-12,23-24,32-33H,13-14,16-19H2. The molecule has 3 rings (SSSR count). The summed E-state index contributed by atoms with van der Waals surface area (Å²) in [6.07, 6.45) is -1.93. The first-order valence-corrected chi connectivity index (χ1v) is 12.2. The summed E-state index contributed by atoms with van der Waals surface area (Å²) in [6.45, 7) is 0.567. The van der Waals surface area contributed by atoms with Crippen LogP contribution in [-0.2, 0) is 0 Å². The molecule has 0 amide bonds. The van der Waals surface area contributed by atoms with Crippen LogP contribution in [0.25, 0.3) is 0 Å². The van der Waals surface area contributed by atoms with Crippen LogP contribution in [0.2, 0.25) is 0 Å². The van der Waals surface area contributed by atoms with Crippen molar-refractivity contribution in [1.82, 2.24) is 4.90 Å².